The summed E-state index contributed by atoms with van der Waals surface area (Å²) in [4.78, 5) is 11.8. The Balaban J connectivity index is 2.80. The van der Waals surface area contributed by atoms with E-state index in [1.54, 1.807) is 18.2 Å². The van der Waals surface area contributed by atoms with Gasteiger partial charge in [0, 0.05) is 11.6 Å². The fourth-order valence-electron chi connectivity index (χ4n) is 1.53. The summed E-state index contributed by atoms with van der Waals surface area (Å²) in [5.41, 5.74) is 6.80. The summed E-state index contributed by atoms with van der Waals surface area (Å²) in [6.45, 7) is 3.99. The Bertz CT molecular complexity index is 375. The van der Waals surface area contributed by atoms with Crippen LogP contribution in [0.5, 0.6) is 0 Å². The molecule has 0 aliphatic carbocycles. The van der Waals surface area contributed by atoms with Crippen LogP contribution in [-0.4, -0.2) is 5.91 Å². The van der Waals surface area contributed by atoms with Crippen molar-refractivity contribution in [2.24, 2.45) is 5.92 Å². The summed E-state index contributed by atoms with van der Waals surface area (Å²) in [6.07, 6.45) is 1.64. The molecule has 3 N–H and O–H groups in total. The maximum absolute atomic E-state index is 11.8. The summed E-state index contributed by atoms with van der Waals surface area (Å²) in [7, 11) is 0. The Morgan fingerprint density at radius 2 is 2.06 bits per heavy atom. The molecule has 0 saturated heterocycles. The van der Waals surface area contributed by atoms with Crippen molar-refractivity contribution in [1.82, 2.24) is 0 Å². The molecule has 1 amide bonds. The highest BCUT2D eigenvalue weighted by Crippen LogP contribution is 2.25. The lowest BCUT2D eigenvalue weighted by Crippen LogP contribution is -2.21. The van der Waals surface area contributed by atoms with Gasteiger partial charge in [-0.2, -0.15) is 0 Å². The second-order valence-corrected chi connectivity index (χ2v) is 4.15. The van der Waals surface area contributed by atoms with Gasteiger partial charge in [-0.3, -0.25) is 4.79 Å². The van der Waals surface area contributed by atoms with Crippen molar-refractivity contribution in [3.63, 3.8) is 0 Å². The van der Waals surface area contributed by atoms with Crippen LogP contribution < -0.4 is 11.1 Å². The van der Waals surface area contributed by atoms with Crippen LogP contribution in [0.3, 0.4) is 0 Å². The highest BCUT2D eigenvalue weighted by molar-refractivity contribution is 6.33. The lowest BCUT2D eigenvalue weighted by atomic mass is 10.0. The van der Waals surface area contributed by atoms with Crippen LogP contribution >= 0.6 is 11.6 Å². The average molecular weight is 241 g/mol. The number of halogens is 1. The zero-order valence-corrected chi connectivity index (χ0v) is 10.3. The lowest BCUT2D eigenvalue weighted by molar-refractivity contribution is -0.120. The Labute approximate surface area is 101 Å². The highest BCUT2D eigenvalue weighted by atomic mass is 35.5. The number of carbonyl (C=O) groups is 1. The molecule has 0 fully saturated rings. The Morgan fingerprint density at radius 1 is 1.44 bits per heavy atom. The molecule has 0 bridgehead atoms. The van der Waals surface area contributed by atoms with Crippen molar-refractivity contribution in [3.05, 3.63) is 23.2 Å². The molecule has 3 nitrogen and oxygen atoms in total. The van der Waals surface area contributed by atoms with E-state index in [-0.39, 0.29) is 11.8 Å². The van der Waals surface area contributed by atoms with Gasteiger partial charge in [-0.15, -0.1) is 0 Å². The molecule has 0 heterocycles. The Hall–Kier alpha value is -1.22. The molecule has 0 unspecified atom stereocenters. The van der Waals surface area contributed by atoms with E-state index in [4.69, 9.17) is 17.3 Å². The van der Waals surface area contributed by atoms with Crippen LogP contribution in [0.2, 0.25) is 5.02 Å². The molecule has 0 aliphatic rings. The fourth-order valence-corrected chi connectivity index (χ4v) is 1.70. The Kier molecular flexibility index (Phi) is 4.62. The topological polar surface area (TPSA) is 55.1 Å². The molecule has 1 aromatic rings. The first-order chi connectivity index (χ1) is 7.58. The van der Waals surface area contributed by atoms with E-state index in [1.807, 2.05) is 13.8 Å². The third-order valence-electron chi connectivity index (χ3n) is 2.60. The maximum Gasteiger partial charge on any atom is 0.227 e. The number of hydrogen-bond acceptors (Lipinski definition) is 2. The standard InChI is InChI=1S/C12H17ClN2O/c1-3-8(4-2)12(16)15-11-7-9(14)5-6-10(11)13/h5-8H,3-4,14H2,1-2H3,(H,15,16). The number of amides is 1. The van der Waals surface area contributed by atoms with Gasteiger partial charge in [0.15, 0.2) is 0 Å². The van der Waals surface area contributed by atoms with Crippen molar-refractivity contribution in [2.45, 2.75) is 26.7 Å². The summed E-state index contributed by atoms with van der Waals surface area (Å²) in [5.74, 6) is 0.0231. The second-order valence-electron chi connectivity index (χ2n) is 3.74. The first-order valence-corrected chi connectivity index (χ1v) is 5.82. The summed E-state index contributed by atoms with van der Waals surface area (Å²) < 4.78 is 0. The van der Waals surface area contributed by atoms with Crippen LogP contribution in [0, 0.1) is 5.92 Å². The van der Waals surface area contributed by atoms with Crippen molar-refractivity contribution in [1.29, 1.82) is 0 Å². The molecule has 88 valence electrons. The number of nitrogens with one attached hydrogen (secondary N) is 1. The van der Waals surface area contributed by atoms with Gasteiger partial charge < -0.3 is 11.1 Å². The largest absolute Gasteiger partial charge is 0.399 e. The molecule has 0 atom stereocenters. The first-order valence-electron chi connectivity index (χ1n) is 5.44. The van der Waals surface area contributed by atoms with E-state index in [2.05, 4.69) is 5.32 Å². The van der Waals surface area contributed by atoms with Gasteiger partial charge >= 0.3 is 0 Å². The molecule has 0 spiro atoms. The van der Waals surface area contributed by atoms with E-state index in [1.165, 1.54) is 0 Å². The summed E-state index contributed by atoms with van der Waals surface area (Å²) in [5, 5.41) is 3.31. The Morgan fingerprint density at radius 3 is 2.62 bits per heavy atom. The minimum atomic E-state index is -0.00231. The van der Waals surface area contributed by atoms with Crippen LogP contribution in [0.4, 0.5) is 11.4 Å². The number of nitrogen functional groups attached to an aromatic ring is 1. The molecule has 0 saturated carbocycles. The van der Waals surface area contributed by atoms with Gasteiger partial charge in [0.2, 0.25) is 5.91 Å². The van der Waals surface area contributed by atoms with Gasteiger partial charge in [-0.05, 0) is 31.0 Å². The molecule has 0 aromatic heterocycles. The number of benzene rings is 1. The molecule has 4 heteroatoms. The van der Waals surface area contributed by atoms with Crippen LogP contribution in [0.1, 0.15) is 26.7 Å². The quantitative estimate of drug-likeness (QED) is 0.794. The lowest BCUT2D eigenvalue weighted by Gasteiger charge is -2.13. The second kappa shape index (κ2) is 5.75. The molecular formula is C12H17ClN2O. The monoisotopic (exact) mass is 240 g/mol. The minimum absolute atomic E-state index is 0.00231. The van der Waals surface area contributed by atoms with Gasteiger partial charge in [0.1, 0.15) is 0 Å². The predicted molar refractivity (Wildman–Crippen MR) is 68.6 cm³/mol. The first kappa shape index (κ1) is 12.8. The van der Waals surface area contributed by atoms with Gasteiger partial charge in [-0.25, -0.2) is 0 Å². The summed E-state index contributed by atoms with van der Waals surface area (Å²) >= 11 is 5.96. The van der Waals surface area contributed by atoms with Crippen molar-refractivity contribution >= 4 is 28.9 Å². The molecule has 0 radical (unpaired) electrons. The maximum atomic E-state index is 11.8. The van der Waals surface area contributed by atoms with Gasteiger partial charge in [0.05, 0.1) is 10.7 Å². The number of nitrogens with two attached hydrogens (primary N) is 1. The van der Waals surface area contributed by atoms with E-state index in [0.717, 1.165) is 12.8 Å². The third kappa shape index (κ3) is 3.14. The van der Waals surface area contributed by atoms with E-state index >= 15 is 0 Å². The molecule has 1 aromatic carbocycles. The fraction of sp³-hybridized carbons (Fsp3) is 0.417. The number of anilines is 2. The zero-order valence-electron chi connectivity index (χ0n) is 9.59. The average Bonchev–Trinajstić information content (AvgIpc) is 2.25. The number of hydrogen-bond donors (Lipinski definition) is 2. The molecular weight excluding hydrogens is 224 g/mol. The molecule has 0 aliphatic heterocycles. The van der Waals surface area contributed by atoms with Gasteiger partial charge in [0.25, 0.3) is 0 Å². The van der Waals surface area contributed by atoms with Crippen molar-refractivity contribution < 1.29 is 4.79 Å². The minimum Gasteiger partial charge on any atom is -0.399 e. The number of carbonyl (C=O) groups excluding carboxylic acids is 1. The van der Waals surface area contributed by atoms with E-state index in [0.29, 0.717) is 16.4 Å². The van der Waals surface area contributed by atoms with E-state index in [9.17, 15) is 4.79 Å². The normalized spacial score (nSPS) is 10.5. The zero-order chi connectivity index (χ0) is 12.1. The van der Waals surface area contributed by atoms with Crippen LogP contribution in [-0.2, 0) is 4.79 Å². The van der Waals surface area contributed by atoms with Crippen molar-refractivity contribution in [2.75, 3.05) is 11.1 Å². The van der Waals surface area contributed by atoms with Crippen LogP contribution in [0.25, 0.3) is 0 Å². The summed E-state index contributed by atoms with van der Waals surface area (Å²) in [6, 6.07) is 5.05. The third-order valence-corrected chi connectivity index (χ3v) is 2.93. The van der Waals surface area contributed by atoms with E-state index < -0.39 is 0 Å². The molecule has 16 heavy (non-hydrogen) atoms. The highest BCUT2D eigenvalue weighted by Gasteiger charge is 2.15. The van der Waals surface area contributed by atoms with Gasteiger partial charge in [-0.1, -0.05) is 25.4 Å². The predicted octanol–water partition coefficient (Wildman–Crippen LogP) is 3.30. The molecule has 1 rings (SSSR count). The van der Waals surface area contributed by atoms with Crippen molar-refractivity contribution in [3.8, 4) is 0 Å². The SMILES string of the molecule is CCC(CC)C(=O)Nc1cc(N)ccc1Cl. The van der Waals surface area contributed by atoms with Crippen LogP contribution in [0.15, 0.2) is 18.2 Å². The smallest absolute Gasteiger partial charge is 0.227 e. The number of rotatable bonds is 4.